The minimum Gasteiger partial charge on any atom is -0.416 e. The molecular weight excluding hydrogens is 971 g/mol. The molecule has 0 fully saturated rings. The van der Waals surface area contributed by atoms with Gasteiger partial charge in [-0.2, -0.15) is 0 Å². The van der Waals surface area contributed by atoms with Gasteiger partial charge in [-0.25, -0.2) is 0 Å². The minimum atomic E-state index is 0.489. The predicted octanol–water partition coefficient (Wildman–Crippen LogP) is 20.8. The van der Waals surface area contributed by atoms with Gasteiger partial charge in [-0.05, 0) is 172 Å². The second-order valence-electron chi connectivity index (χ2n) is 20.2. The lowest BCUT2D eigenvalue weighted by molar-refractivity contribution is 0.584. The molecule has 80 heavy (non-hydrogen) atoms. The molecule has 0 saturated carbocycles. The van der Waals surface area contributed by atoms with Gasteiger partial charge in [0.15, 0.2) is 0 Å². The maximum atomic E-state index is 6.10. The summed E-state index contributed by atoms with van der Waals surface area (Å²) in [5.41, 5.74) is 21.3. The van der Waals surface area contributed by atoms with Gasteiger partial charge < -0.3 is 9.32 Å². The average molecular weight is 1020 g/mol. The molecule has 0 amide bonds. The van der Waals surface area contributed by atoms with Crippen LogP contribution in [0.1, 0.15) is 0 Å². The molecule has 0 spiro atoms. The normalized spacial score (nSPS) is 11.2. The zero-order valence-electron chi connectivity index (χ0n) is 43.7. The molecule has 0 atom stereocenters. The number of nitrogens with zero attached hydrogens (tertiary/aromatic N) is 3. The van der Waals surface area contributed by atoms with Crippen LogP contribution >= 0.6 is 0 Å². The summed E-state index contributed by atoms with van der Waals surface area (Å²) in [6, 6.07) is 111. The lowest BCUT2D eigenvalue weighted by Crippen LogP contribution is -2.09. The first kappa shape index (κ1) is 47.7. The number of aromatic nitrogens is 2. The van der Waals surface area contributed by atoms with Crippen molar-refractivity contribution in [2.24, 2.45) is 0 Å². The van der Waals surface area contributed by atoms with Gasteiger partial charge in [0, 0.05) is 28.2 Å². The Kier molecular flexibility index (Phi) is 12.6. The summed E-state index contributed by atoms with van der Waals surface area (Å²) < 4.78 is 6.10. The summed E-state index contributed by atoms with van der Waals surface area (Å²) in [4.78, 5) is 2.35. The van der Waals surface area contributed by atoms with Gasteiger partial charge in [-0.15, -0.1) is 10.2 Å². The molecule has 0 saturated heterocycles. The Balaban J connectivity index is 0.767. The Morgan fingerprint density at radius 1 is 0.200 bits per heavy atom. The van der Waals surface area contributed by atoms with E-state index < -0.39 is 0 Å². The molecule has 0 bridgehead atoms. The van der Waals surface area contributed by atoms with E-state index in [1.807, 2.05) is 30.3 Å². The predicted molar refractivity (Wildman–Crippen MR) is 333 cm³/mol. The Morgan fingerprint density at radius 3 is 0.887 bits per heavy atom. The van der Waals surface area contributed by atoms with E-state index in [4.69, 9.17) is 4.42 Å². The van der Waals surface area contributed by atoms with Crippen molar-refractivity contribution in [3.05, 3.63) is 309 Å². The highest BCUT2D eigenvalue weighted by Crippen LogP contribution is 2.42. The van der Waals surface area contributed by atoms with Gasteiger partial charge in [0.2, 0.25) is 11.8 Å². The largest absolute Gasteiger partial charge is 0.416 e. The van der Waals surface area contributed by atoms with Crippen LogP contribution in [-0.4, -0.2) is 10.2 Å². The Labute approximate surface area is 465 Å². The SMILES string of the molecule is c1ccc(-c2nnc(-c3ccc(-c4ccccc4-c4ccccc4-c4ccc(N(c5ccc(-c6ccc(-c7ccc8ccccc8c7)cc6)cc5)c5ccc(-c6ccc(-c7ccc8ccccc8c7)cc6)cc5)cc4)cc3)o2)cc1. The van der Waals surface area contributed by atoms with Crippen LogP contribution in [-0.2, 0) is 0 Å². The lowest BCUT2D eigenvalue weighted by Gasteiger charge is -2.26. The van der Waals surface area contributed by atoms with E-state index >= 15 is 0 Å². The molecule has 0 aliphatic rings. The molecule has 1 heterocycles. The van der Waals surface area contributed by atoms with Crippen molar-refractivity contribution in [3.63, 3.8) is 0 Å². The summed E-state index contributed by atoms with van der Waals surface area (Å²) in [5, 5.41) is 13.7. The summed E-state index contributed by atoms with van der Waals surface area (Å²) in [6.45, 7) is 0. The fourth-order valence-electron chi connectivity index (χ4n) is 11.1. The number of benzene rings is 13. The van der Waals surface area contributed by atoms with Crippen LogP contribution in [0.2, 0.25) is 0 Å². The number of hydrogen-bond donors (Lipinski definition) is 0. The summed E-state index contributed by atoms with van der Waals surface area (Å²) >= 11 is 0. The third-order valence-electron chi connectivity index (χ3n) is 15.3. The van der Waals surface area contributed by atoms with Gasteiger partial charge in [0.1, 0.15) is 0 Å². The molecule has 1 aromatic heterocycles. The first-order chi connectivity index (χ1) is 39.6. The molecule has 4 heteroatoms. The molecule has 14 aromatic rings. The topological polar surface area (TPSA) is 42.2 Å². The second kappa shape index (κ2) is 21.0. The van der Waals surface area contributed by atoms with Crippen molar-refractivity contribution in [1.29, 1.82) is 0 Å². The minimum absolute atomic E-state index is 0.489. The number of fused-ring (bicyclic) bond motifs is 2. The van der Waals surface area contributed by atoms with Crippen molar-refractivity contribution >= 4 is 38.6 Å². The Bertz CT molecular complexity index is 4300. The Hall–Kier alpha value is -10.7. The van der Waals surface area contributed by atoms with E-state index in [0.29, 0.717) is 11.8 Å². The molecule has 376 valence electrons. The maximum Gasteiger partial charge on any atom is 0.248 e. The van der Waals surface area contributed by atoms with Gasteiger partial charge in [0.25, 0.3) is 0 Å². The lowest BCUT2D eigenvalue weighted by atomic mass is 9.89. The smallest absolute Gasteiger partial charge is 0.248 e. The van der Waals surface area contributed by atoms with E-state index in [2.05, 4.69) is 294 Å². The molecule has 0 aliphatic heterocycles. The highest BCUT2D eigenvalue weighted by Gasteiger charge is 2.18. The van der Waals surface area contributed by atoms with Crippen LogP contribution in [0.25, 0.3) is 122 Å². The molecule has 0 aliphatic carbocycles. The van der Waals surface area contributed by atoms with Crippen molar-refractivity contribution < 1.29 is 4.42 Å². The van der Waals surface area contributed by atoms with Crippen LogP contribution in [0, 0.1) is 0 Å². The number of anilines is 3. The third kappa shape index (κ3) is 9.52. The fourth-order valence-corrected chi connectivity index (χ4v) is 11.1. The highest BCUT2D eigenvalue weighted by molar-refractivity contribution is 5.93. The fraction of sp³-hybridized carbons (Fsp3) is 0. The molecule has 0 unspecified atom stereocenters. The summed E-state index contributed by atoms with van der Waals surface area (Å²) in [5.74, 6) is 0.991. The second-order valence-corrected chi connectivity index (χ2v) is 20.2. The first-order valence-electron chi connectivity index (χ1n) is 27.1. The first-order valence-corrected chi connectivity index (χ1v) is 27.1. The Morgan fingerprint density at radius 2 is 0.475 bits per heavy atom. The van der Waals surface area contributed by atoms with Crippen molar-refractivity contribution in [2.75, 3.05) is 4.90 Å². The van der Waals surface area contributed by atoms with Gasteiger partial charge in [-0.1, -0.05) is 237 Å². The number of rotatable bonds is 12. The van der Waals surface area contributed by atoms with Gasteiger partial charge in [-0.3, -0.25) is 0 Å². The third-order valence-corrected chi connectivity index (χ3v) is 15.3. The van der Waals surface area contributed by atoms with Crippen molar-refractivity contribution in [1.82, 2.24) is 10.2 Å². The molecule has 4 nitrogen and oxygen atoms in total. The zero-order valence-corrected chi connectivity index (χ0v) is 43.7. The van der Waals surface area contributed by atoms with Crippen molar-refractivity contribution in [2.45, 2.75) is 0 Å². The molecule has 14 rings (SSSR count). The van der Waals surface area contributed by atoms with Crippen LogP contribution in [0.15, 0.2) is 314 Å². The zero-order chi connectivity index (χ0) is 53.2. The van der Waals surface area contributed by atoms with Crippen LogP contribution in [0.5, 0.6) is 0 Å². The quantitative estimate of drug-likeness (QED) is 0.122. The molecular formula is C76H51N3O. The monoisotopic (exact) mass is 1020 g/mol. The van der Waals surface area contributed by atoms with E-state index in [0.717, 1.165) is 72.7 Å². The summed E-state index contributed by atoms with van der Waals surface area (Å²) in [6.07, 6.45) is 0. The average Bonchev–Trinajstić information content (AvgIpc) is 4.07. The molecule has 0 N–H and O–H groups in total. The highest BCUT2D eigenvalue weighted by atomic mass is 16.4. The standard InChI is InChI=1S/C76H51N3O/c1-2-14-62(15-3-1)75-77-78-76(80-75)63-34-32-60(33-35-63)71-18-8-10-20-73(71)74-21-11-9-19-72(74)61-42-48-70(49-43-61)79(68-44-38-56(39-45-68)54-22-26-58(27-23-54)66-36-30-52-12-4-6-16-64(52)50-66)69-46-40-57(41-47-69)55-24-28-59(29-25-55)67-37-31-53-13-5-7-17-65(53)51-67/h1-51H. The van der Waals surface area contributed by atoms with Gasteiger partial charge >= 0.3 is 0 Å². The van der Waals surface area contributed by atoms with E-state index in [-0.39, 0.29) is 0 Å². The van der Waals surface area contributed by atoms with E-state index in [9.17, 15) is 0 Å². The maximum absolute atomic E-state index is 6.10. The number of hydrogen-bond acceptors (Lipinski definition) is 4. The molecule has 13 aromatic carbocycles. The van der Waals surface area contributed by atoms with Crippen LogP contribution in [0.4, 0.5) is 17.1 Å². The van der Waals surface area contributed by atoms with E-state index in [1.54, 1.807) is 0 Å². The van der Waals surface area contributed by atoms with Crippen LogP contribution in [0.3, 0.4) is 0 Å². The molecule has 0 radical (unpaired) electrons. The van der Waals surface area contributed by atoms with Gasteiger partial charge in [0.05, 0.1) is 0 Å². The summed E-state index contributed by atoms with van der Waals surface area (Å²) in [7, 11) is 0. The van der Waals surface area contributed by atoms with Crippen molar-refractivity contribution in [3.8, 4) is 101 Å². The van der Waals surface area contributed by atoms with Crippen LogP contribution < -0.4 is 4.90 Å². The van der Waals surface area contributed by atoms with E-state index in [1.165, 1.54) is 54.9 Å².